The van der Waals surface area contributed by atoms with Crippen LogP contribution in [0.4, 0.5) is 0 Å². The maximum Gasteiger partial charge on any atom is 0.225 e. The van der Waals surface area contributed by atoms with Gasteiger partial charge in [-0.2, -0.15) is 0 Å². The summed E-state index contributed by atoms with van der Waals surface area (Å²) in [7, 11) is 0. The Morgan fingerprint density at radius 3 is 1.93 bits per heavy atom. The summed E-state index contributed by atoms with van der Waals surface area (Å²) < 4.78 is 2.04. The number of nitrogens with zero attached hydrogens (tertiary/aromatic N) is 3. The van der Waals surface area contributed by atoms with Crippen LogP contribution in [0.3, 0.4) is 0 Å². The van der Waals surface area contributed by atoms with Crippen LogP contribution in [-0.4, -0.2) is 14.8 Å². The average molecular weight is 214 g/mol. The Labute approximate surface area is 89.5 Å². The summed E-state index contributed by atoms with van der Waals surface area (Å²) in [6.45, 7) is 11.0. The quantitative estimate of drug-likeness (QED) is 0.718. The molecule has 3 nitrogen and oxygen atoms in total. The maximum atomic E-state index is 6.02. The van der Waals surface area contributed by atoms with Crippen LogP contribution < -0.4 is 0 Å². The molecule has 78 valence electrons. The Morgan fingerprint density at radius 1 is 1.14 bits per heavy atom. The van der Waals surface area contributed by atoms with Crippen LogP contribution in [0.1, 0.15) is 39.6 Å². The molecule has 1 heterocycles. The lowest BCUT2D eigenvalue weighted by atomic mass is 10.0. The van der Waals surface area contributed by atoms with Crippen LogP contribution in [0, 0.1) is 17.8 Å². The van der Waals surface area contributed by atoms with Crippen molar-refractivity contribution in [1.29, 1.82) is 0 Å². The Hall–Kier alpha value is -0.570. The summed E-state index contributed by atoms with van der Waals surface area (Å²) in [5.41, 5.74) is 0.535. The molecule has 0 N–H and O–H groups in total. The van der Waals surface area contributed by atoms with E-state index < -0.39 is 0 Å². The zero-order valence-corrected chi connectivity index (χ0v) is 10.1. The summed E-state index contributed by atoms with van der Waals surface area (Å²) in [6, 6.07) is 0.414. The first-order valence-electron chi connectivity index (χ1n) is 4.87. The number of hydrogen-bond acceptors (Lipinski definition) is 2. The van der Waals surface area contributed by atoms with E-state index in [2.05, 4.69) is 37.9 Å². The zero-order valence-electron chi connectivity index (χ0n) is 9.30. The molecule has 4 heteroatoms. The fourth-order valence-electron chi connectivity index (χ4n) is 2.44. The SMILES string of the molecule is Cc1nnc(Cl)n1C1C(C)(C)C1(C)C. The van der Waals surface area contributed by atoms with Gasteiger partial charge in [-0.3, -0.25) is 4.57 Å². The molecule has 0 atom stereocenters. The molecule has 0 aliphatic heterocycles. The minimum Gasteiger partial charge on any atom is -0.298 e. The molecule has 0 bridgehead atoms. The summed E-state index contributed by atoms with van der Waals surface area (Å²) >= 11 is 6.02. The van der Waals surface area contributed by atoms with E-state index in [1.807, 2.05) is 11.5 Å². The number of hydrogen-bond donors (Lipinski definition) is 0. The van der Waals surface area contributed by atoms with Crippen molar-refractivity contribution < 1.29 is 0 Å². The van der Waals surface area contributed by atoms with Gasteiger partial charge in [0.15, 0.2) is 0 Å². The first-order valence-corrected chi connectivity index (χ1v) is 5.25. The minimum atomic E-state index is 0.268. The molecule has 1 aliphatic carbocycles. The standard InChI is InChI=1S/C10H16ClN3/c1-6-12-13-8(11)14(6)7-9(2,3)10(7,4)5/h7H,1-5H3. The van der Waals surface area contributed by atoms with Crippen LogP contribution in [0.15, 0.2) is 0 Å². The third kappa shape index (κ3) is 0.991. The summed E-state index contributed by atoms with van der Waals surface area (Å²) in [6.07, 6.45) is 0. The highest BCUT2D eigenvalue weighted by atomic mass is 35.5. The van der Waals surface area contributed by atoms with E-state index in [1.54, 1.807) is 0 Å². The maximum absolute atomic E-state index is 6.02. The van der Waals surface area contributed by atoms with Gasteiger partial charge in [0, 0.05) is 6.04 Å². The van der Waals surface area contributed by atoms with Crippen molar-refractivity contribution in [3.05, 3.63) is 11.1 Å². The molecule has 2 rings (SSSR count). The van der Waals surface area contributed by atoms with Gasteiger partial charge in [0.2, 0.25) is 5.28 Å². The third-order valence-electron chi connectivity index (χ3n) is 4.03. The van der Waals surface area contributed by atoms with Crippen LogP contribution in [0.5, 0.6) is 0 Å². The van der Waals surface area contributed by atoms with Gasteiger partial charge in [-0.05, 0) is 29.4 Å². The van der Waals surface area contributed by atoms with Crippen molar-refractivity contribution in [1.82, 2.24) is 14.8 Å². The number of aromatic nitrogens is 3. The summed E-state index contributed by atoms with van der Waals surface area (Å²) in [4.78, 5) is 0. The molecule has 0 spiro atoms. The topological polar surface area (TPSA) is 30.7 Å². The molecule has 0 unspecified atom stereocenters. The normalized spacial score (nSPS) is 23.9. The monoisotopic (exact) mass is 213 g/mol. The molecular weight excluding hydrogens is 198 g/mol. The van der Waals surface area contributed by atoms with Crippen LogP contribution in [-0.2, 0) is 0 Å². The van der Waals surface area contributed by atoms with Crippen molar-refractivity contribution in [2.24, 2.45) is 10.8 Å². The Morgan fingerprint density at radius 2 is 1.64 bits per heavy atom. The van der Waals surface area contributed by atoms with Crippen LogP contribution >= 0.6 is 11.6 Å². The average Bonchev–Trinajstić information content (AvgIpc) is 2.37. The highest BCUT2D eigenvalue weighted by Gasteiger charge is 2.66. The fourth-order valence-corrected chi connectivity index (χ4v) is 2.70. The minimum absolute atomic E-state index is 0.268. The number of halogens is 1. The second kappa shape index (κ2) is 2.51. The Balaban J connectivity index is 2.45. The fraction of sp³-hybridized carbons (Fsp3) is 0.800. The van der Waals surface area contributed by atoms with Gasteiger partial charge in [0.25, 0.3) is 0 Å². The van der Waals surface area contributed by atoms with Gasteiger partial charge in [0.05, 0.1) is 0 Å². The predicted molar refractivity (Wildman–Crippen MR) is 56.4 cm³/mol. The highest BCUT2D eigenvalue weighted by Crippen LogP contribution is 2.71. The summed E-state index contributed by atoms with van der Waals surface area (Å²) in [5, 5.41) is 8.38. The molecule has 1 saturated carbocycles. The van der Waals surface area contributed by atoms with E-state index in [4.69, 9.17) is 11.6 Å². The largest absolute Gasteiger partial charge is 0.298 e. The lowest BCUT2D eigenvalue weighted by molar-refractivity contribution is 0.457. The zero-order chi connectivity index (χ0) is 10.7. The predicted octanol–water partition coefficient (Wildman–Crippen LogP) is 2.85. The van der Waals surface area contributed by atoms with E-state index >= 15 is 0 Å². The van der Waals surface area contributed by atoms with E-state index in [0.29, 0.717) is 11.3 Å². The second-order valence-corrected chi connectivity index (χ2v) is 5.57. The van der Waals surface area contributed by atoms with Gasteiger partial charge in [-0.25, -0.2) is 0 Å². The lowest BCUT2D eigenvalue weighted by Gasteiger charge is -2.06. The van der Waals surface area contributed by atoms with Crippen molar-refractivity contribution in [3.63, 3.8) is 0 Å². The van der Waals surface area contributed by atoms with Gasteiger partial charge < -0.3 is 0 Å². The first kappa shape index (κ1) is 9.97. The van der Waals surface area contributed by atoms with E-state index in [9.17, 15) is 0 Å². The first-order chi connectivity index (χ1) is 6.30. The van der Waals surface area contributed by atoms with E-state index in [1.165, 1.54) is 0 Å². The van der Waals surface area contributed by atoms with Crippen LogP contribution in [0.25, 0.3) is 0 Å². The lowest BCUT2D eigenvalue weighted by Crippen LogP contribution is -2.03. The van der Waals surface area contributed by atoms with Crippen molar-refractivity contribution in [2.45, 2.75) is 40.7 Å². The molecular formula is C10H16ClN3. The van der Waals surface area contributed by atoms with Gasteiger partial charge in [-0.15, -0.1) is 10.2 Å². The van der Waals surface area contributed by atoms with Crippen molar-refractivity contribution in [3.8, 4) is 0 Å². The Bertz CT molecular complexity index is 345. The molecule has 0 amide bonds. The third-order valence-corrected chi connectivity index (χ3v) is 4.29. The highest BCUT2D eigenvalue weighted by molar-refractivity contribution is 6.28. The molecule has 14 heavy (non-hydrogen) atoms. The van der Waals surface area contributed by atoms with Crippen LogP contribution in [0.2, 0.25) is 5.28 Å². The van der Waals surface area contributed by atoms with Gasteiger partial charge in [-0.1, -0.05) is 27.7 Å². The Kier molecular flexibility index (Phi) is 1.79. The van der Waals surface area contributed by atoms with E-state index in [0.717, 1.165) is 5.82 Å². The van der Waals surface area contributed by atoms with E-state index in [-0.39, 0.29) is 10.8 Å². The smallest absolute Gasteiger partial charge is 0.225 e. The molecule has 0 radical (unpaired) electrons. The summed E-state index contributed by atoms with van der Waals surface area (Å²) in [5.74, 6) is 0.902. The second-order valence-electron chi connectivity index (χ2n) is 5.23. The molecule has 0 aromatic carbocycles. The molecule has 1 aromatic rings. The molecule has 0 saturated heterocycles. The molecule has 1 aromatic heterocycles. The van der Waals surface area contributed by atoms with Gasteiger partial charge >= 0.3 is 0 Å². The van der Waals surface area contributed by atoms with Crippen molar-refractivity contribution in [2.75, 3.05) is 0 Å². The number of aryl methyl sites for hydroxylation is 1. The van der Waals surface area contributed by atoms with Gasteiger partial charge in [0.1, 0.15) is 5.82 Å². The number of rotatable bonds is 1. The van der Waals surface area contributed by atoms with Crippen molar-refractivity contribution >= 4 is 11.6 Å². The molecule has 1 fully saturated rings. The molecule has 1 aliphatic rings.